The number of nitrogens with one attached hydrogen (secondary N) is 1. The first-order valence-corrected chi connectivity index (χ1v) is 9.38. The summed E-state index contributed by atoms with van der Waals surface area (Å²) in [5, 5.41) is 3.37. The van der Waals surface area contributed by atoms with E-state index in [-0.39, 0.29) is 18.1 Å². The van der Waals surface area contributed by atoms with Crippen molar-refractivity contribution in [2.75, 3.05) is 24.7 Å². The predicted molar refractivity (Wildman–Crippen MR) is 87.4 cm³/mol. The molecule has 0 saturated heterocycles. The second-order valence-electron chi connectivity index (χ2n) is 5.63. The molecule has 0 aliphatic rings. The third-order valence-electron chi connectivity index (χ3n) is 3.01. The van der Waals surface area contributed by atoms with E-state index < -0.39 is 9.84 Å². The quantitative estimate of drug-likeness (QED) is 0.721. The molecule has 0 atom stereocenters. The second kappa shape index (κ2) is 9.05. The Hall–Kier alpha value is -1.07. The van der Waals surface area contributed by atoms with Crippen LogP contribution in [-0.4, -0.2) is 33.1 Å². The van der Waals surface area contributed by atoms with Gasteiger partial charge in [-0.05, 0) is 24.9 Å². The molecule has 0 bridgehead atoms. The van der Waals surface area contributed by atoms with Gasteiger partial charge in [-0.25, -0.2) is 8.42 Å². The van der Waals surface area contributed by atoms with Gasteiger partial charge in [-0.2, -0.15) is 0 Å². The van der Waals surface area contributed by atoms with Crippen molar-refractivity contribution in [3.05, 3.63) is 29.8 Å². The van der Waals surface area contributed by atoms with Gasteiger partial charge in [-0.1, -0.05) is 39.0 Å². The highest BCUT2D eigenvalue weighted by atomic mass is 32.2. The minimum Gasteiger partial charge on any atom is -0.492 e. The van der Waals surface area contributed by atoms with Gasteiger partial charge in [-0.15, -0.1) is 0 Å². The Balaban J connectivity index is 2.51. The summed E-state index contributed by atoms with van der Waals surface area (Å²) in [5.74, 6) is 1.67. The average molecular weight is 313 g/mol. The first-order valence-electron chi connectivity index (χ1n) is 7.56. The molecular weight excluding hydrogens is 286 g/mol. The molecule has 120 valence electrons. The molecule has 0 heterocycles. The van der Waals surface area contributed by atoms with Gasteiger partial charge in [0.25, 0.3) is 0 Å². The van der Waals surface area contributed by atoms with Crippen molar-refractivity contribution in [2.24, 2.45) is 5.92 Å². The Kier molecular flexibility index (Phi) is 7.75. The maximum atomic E-state index is 11.7. The van der Waals surface area contributed by atoms with E-state index in [1.54, 1.807) is 0 Å². The number of ether oxygens (including phenoxy) is 1. The zero-order chi connectivity index (χ0) is 15.7. The number of para-hydroxylation sites is 1. The minimum atomic E-state index is -2.98. The number of benzene rings is 1. The van der Waals surface area contributed by atoms with Crippen LogP contribution in [0.2, 0.25) is 0 Å². The highest BCUT2D eigenvalue weighted by molar-refractivity contribution is 7.91. The summed E-state index contributed by atoms with van der Waals surface area (Å²) >= 11 is 0. The Morgan fingerprint density at radius 2 is 1.90 bits per heavy atom. The van der Waals surface area contributed by atoms with Gasteiger partial charge in [0.1, 0.15) is 12.4 Å². The number of hydrogen-bond donors (Lipinski definition) is 1. The van der Waals surface area contributed by atoms with Crippen LogP contribution in [-0.2, 0) is 16.4 Å². The van der Waals surface area contributed by atoms with Crippen molar-refractivity contribution in [3.63, 3.8) is 0 Å². The van der Waals surface area contributed by atoms with Crippen LogP contribution in [0.5, 0.6) is 5.75 Å². The van der Waals surface area contributed by atoms with Crippen molar-refractivity contribution in [1.82, 2.24) is 5.32 Å². The molecule has 0 fully saturated rings. The zero-order valence-corrected chi connectivity index (χ0v) is 14.1. The fourth-order valence-electron chi connectivity index (χ4n) is 1.98. The minimum absolute atomic E-state index is 0.0780. The van der Waals surface area contributed by atoms with Gasteiger partial charge in [0.05, 0.1) is 11.5 Å². The van der Waals surface area contributed by atoms with Crippen LogP contribution in [0, 0.1) is 5.92 Å². The monoisotopic (exact) mass is 313 g/mol. The first kappa shape index (κ1) is 18.0. The fourth-order valence-corrected chi connectivity index (χ4v) is 3.14. The van der Waals surface area contributed by atoms with Crippen LogP contribution in [0.3, 0.4) is 0 Å². The molecule has 1 rings (SSSR count). The molecule has 0 aliphatic carbocycles. The summed E-state index contributed by atoms with van der Waals surface area (Å²) in [6, 6.07) is 7.76. The van der Waals surface area contributed by atoms with E-state index in [1.807, 2.05) is 31.2 Å². The fraction of sp³-hybridized carbons (Fsp3) is 0.625. The standard InChI is InChI=1S/C16H27NO3S/c1-4-10-21(18,19)11-9-20-16-8-6-5-7-15(16)13-17-12-14(2)3/h5-8,14,17H,4,9-13H2,1-3H3. The van der Waals surface area contributed by atoms with Crippen LogP contribution < -0.4 is 10.1 Å². The third-order valence-corrected chi connectivity index (χ3v) is 4.83. The summed E-state index contributed by atoms with van der Waals surface area (Å²) in [6.07, 6.45) is 0.651. The number of hydrogen-bond acceptors (Lipinski definition) is 4. The second-order valence-corrected chi connectivity index (χ2v) is 7.94. The smallest absolute Gasteiger partial charge is 0.153 e. The van der Waals surface area contributed by atoms with Crippen molar-refractivity contribution in [2.45, 2.75) is 33.7 Å². The van der Waals surface area contributed by atoms with E-state index in [1.165, 1.54) is 0 Å². The lowest BCUT2D eigenvalue weighted by molar-refractivity contribution is 0.336. The Morgan fingerprint density at radius 1 is 1.19 bits per heavy atom. The average Bonchev–Trinajstić information content (AvgIpc) is 2.40. The maximum Gasteiger partial charge on any atom is 0.153 e. The summed E-state index contributed by atoms with van der Waals surface area (Å²) < 4.78 is 29.0. The Labute approximate surface area is 128 Å². The van der Waals surface area contributed by atoms with E-state index in [9.17, 15) is 8.42 Å². The van der Waals surface area contributed by atoms with Crippen molar-refractivity contribution in [3.8, 4) is 5.75 Å². The molecule has 0 saturated carbocycles. The molecule has 21 heavy (non-hydrogen) atoms. The lowest BCUT2D eigenvalue weighted by atomic mass is 10.2. The highest BCUT2D eigenvalue weighted by Crippen LogP contribution is 2.17. The highest BCUT2D eigenvalue weighted by Gasteiger charge is 2.10. The van der Waals surface area contributed by atoms with Crippen LogP contribution in [0.15, 0.2) is 24.3 Å². The molecule has 5 heteroatoms. The van der Waals surface area contributed by atoms with Gasteiger partial charge in [0, 0.05) is 12.1 Å². The van der Waals surface area contributed by atoms with Crippen molar-refractivity contribution >= 4 is 9.84 Å². The molecular formula is C16H27NO3S. The van der Waals surface area contributed by atoms with Gasteiger partial charge in [0.2, 0.25) is 0 Å². The summed E-state index contributed by atoms with van der Waals surface area (Å²) in [7, 11) is -2.98. The molecule has 1 N–H and O–H groups in total. The SMILES string of the molecule is CCCS(=O)(=O)CCOc1ccccc1CNCC(C)C. The first-order chi connectivity index (χ1) is 9.94. The van der Waals surface area contributed by atoms with E-state index in [4.69, 9.17) is 4.74 Å². The summed E-state index contributed by atoms with van der Waals surface area (Å²) in [6.45, 7) is 8.08. The molecule has 1 aromatic carbocycles. The molecule has 4 nitrogen and oxygen atoms in total. The predicted octanol–water partition coefficient (Wildman–Crippen LogP) is 2.64. The molecule has 0 unspecified atom stereocenters. The van der Waals surface area contributed by atoms with Gasteiger partial charge in [0.15, 0.2) is 9.84 Å². The van der Waals surface area contributed by atoms with Crippen molar-refractivity contribution < 1.29 is 13.2 Å². The molecule has 0 aliphatic heterocycles. The normalized spacial score (nSPS) is 11.8. The Morgan fingerprint density at radius 3 is 2.57 bits per heavy atom. The lowest BCUT2D eigenvalue weighted by Crippen LogP contribution is -2.20. The largest absolute Gasteiger partial charge is 0.492 e. The maximum absolute atomic E-state index is 11.7. The molecule has 0 spiro atoms. The van der Waals surface area contributed by atoms with E-state index in [2.05, 4.69) is 19.2 Å². The van der Waals surface area contributed by atoms with Gasteiger partial charge in [-0.3, -0.25) is 0 Å². The van der Waals surface area contributed by atoms with Gasteiger partial charge < -0.3 is 10.1 Å². The molecule has 0 aromatic heterocycles. The number of rotatable bonds is 10. The topological polar surface area (TPSA) is 55.4 Å². The molecule has 0 radical (unpaired) electrons. The van der Waals surface area contributed by atoms with Crippen LogP contribution in [0.4, 0.5) is 0 Å². The van der Waals surface area contributed by atoms with Crippen LogP contribution in [0.25, 0.3) is 0 Å². The van der Waals surface area contributed by atoms with Crippen LogP contribution >= 0.6 is 0 Å². The number of sulfone groups is 1. The zero-order valence-electron chi connectivity index (χ0n) is 13.3. The molecule has 0 amide bonds. The van der Waals surface area contributed by atoms with Gasteiger partial charge >= 0.3 is 0 Å². The Bertz CT molecular complexity index is 512. The van der Waals surface area contributed by atoms with E-state index in [0.29, 0.717) is 12.3 Å². The van der Waals surface area contributed by atoms with Crippen molar-refractivity contribution in [1.29, 1.82) is 0 Å². The van der Waals surface area contributed by atoms with E-state index in [0.717, 1.165) is 24.4 Å². The lowest BCUT2D eigenvalue weighted by Gasteiger charge is -2.13. The summed E-state index contributed by atoms with van der Waals surface area (Å²) in [4.78, 5) is 0. The molecule has 1 aromatic rings. The van der Waals surface area contributed by atoms with Crippen LogP contribution in [0.1, 0.15) is 32.8 Å². The third kappa shape index (κ3) is 7.48. The van der Waals surface area contributed by atoms with E-state index >= 15 is 0 Å². The summed E-state index contributed by atoms with van der Waals surface area (Å²) in [5.41, 5.74) is 1.06.